The Morgan fingerprint density at radius 1 is 1.30 bits per heavy atom. The molecule has 6 heteroatoms. The smallest absolute Gasteiger partial charge is 0.251 e. The number of primary amides is 1. The summed E-state index contributed by atoms with van der Waals surface area (Å²) in [4.78, 5) is 24.0. The van der Waals surface area contributed by atoms with Gasteiger partial charge in [0.2, 0.25) is 5.91 Å². The van der Waals surface area contributed by atoms with E-state index in [1.165, 1.54) is 18.3 Å². The zero-order valence-corrected chi connectivity index (χ0v) is 13.2. The molecule has 0 aliphatic carbocycles. The predicted octanol–water partition coefficient (Wildman–Crippen LogP) is 2.39. The first-order valence-corrected chi connectivity index (χ1v) is 7.29. The van der Waals surface area contributed by atoms with Crippen molar-refractivity contribution < 1.29 is 14.3 Å². The van der Waals surface area contributed by atoms with Crippen LogP contribution in [0.3, 0.4) is 0 Å². The average Bonchev–Trinajstić information content (AvgIpc) is 2.52. The highest BCUT2D eigenvalue weighted by Crippen LogP contribution is 2.48. The summed E-state index contributed by atoms with van der Waals surface area (Å²) in [7, 11) is 0. The van der Waals surface area contributed by atoms with Crippen molar-refractivity contribution in [2.24, 2.45) is 5.73 Å². The maximum Gasteiger partial charge on any atom is 0.251 e. The van der Waals surface area contributed by atoms with Crippen LogP contribution in [0.4, 0.5) is 5.00 Å². The summed E-state index contributed by atoms with van der Waals surface area (Å²) in [6.45, 7) is 9.31. The Labute approximate surface area is 122 Å². The Kier molecular flexibility index (Phi) is 3.42. The van der Waals surface area contributed by atoms with Crippen LogP contribution in [0.15, 0.2) is 0 Å². The Hall–Kier alpha value is -1.40. The second kappa shape index (κ2) is 4.56. The molecule has 1 aromatic rings. The van der Waals surface area contributed by atoms with E-state index in [4.69, 9.17) is 10.5 Å². The van der Waals surface area contributed by atoms with Gasteiger partial charge in [0.15, 0.2) is 0 Å². The van der Waals surface area contributed by atoms with Gasteiger partial charge >= 0.3 is 0 Å². The topological polar surface area (TPSA) is 81.4 Å². The number of fused-ring (bicyclic) bond motifs is 1. The summed E-state index contributed by atoms with van der Waals surface area (Å²) >= 11 is 1.37. The third-order valence-electron chi connectivity index (χ3n) is 3.22. The lowest BCUT2D eigenvalue weighted by Crippen LogP contribution is -2.42. The number of amides is 2. The van der Waals surface area contributed by atoms with Gasteiger partial charge in [0.05, 0.1) is 16.8 Å². The van der Waals surface area contributed by atoms with Crippen LogP contribution in [-0.4, -0.2) is 17.4 Å². The summed E-state index contributed by atoms with van der Waals surface area (Å²) < 4.78 is 6.09. The monoisotopic (exact) mass is 296 g/mol. The van der Waals surface area contributed by atoms with Gasteiger partial charge in [-0.25, -0.2) is 0 Å². The zero-order chi connectivity index (χ0) is 15.3. The lowest BCUT2D eigenvalue weighted by Gasteiger charge is -2.41. The Morgan fingerprint density at radius 2 is 1.90 bits per heavy atom. The Balaban J connectivity index is 2.65. The summed E-state index contributed by atoms with van der Waals surface area (Å²) in [5, 5.41) is 3.22. The van der Waals surface area contributed by atoms with Gasteiger partial charge in [0, 0.05) is 18.2 Å². The quantitative estimate of drug-likeness (QED) is 0.879. The number of nitrogens with one attached hydrogen (secondary N) is 1. The molecule has 0 bridgehead atoms. The number of nitrogens with two attached hydrogens (primary N) is 1. The molecule has 1 aromatic heterocycles. The van der Waals surface area contributed by atoms with Gasteiger partial charge in [0.1, 0.15) is 5.00 Å². The number of anilines is 1. The van der Waals surface area contributed by atoms with Crippen molar-refractivity contribution in [3.8, 4) is 0 Å². The molecule has 0 saturated carbocycles. The number of hydrogen-bond donors (Lipinski definition) is 2. The number of ether oxygens (including phenoxy) is 1. The number of carbonyl (C=O) groups excluding carboxylic acids is 2. The van der Waals surface area contributed by atoms with Crippen molar-refractivity contribution in [1.29, 1.82) is 0 Å². The van der Waals surface area contributed by atoms with E-state index in [0.717, 1.165) is 10.4 Å². The lowest BCUT2D eigenvalue weighted by atomic mass is 9.86. The molecule has 1 aliphatic rings. The highest BCUT2D eigenvalue weighted by atomic mass is 32.1. The van der Waals surface area contributed by atoms with Gasteiger partial charge < -0.3 is 15.8 Å². The fourth-order valence-corrected chi connectivity index (χ4v) is 4.14. The molecule has 2 amide bonds. The molecular formula is C14H20N2O3S. The van der Waals surface area contributed by atoms with Gasteiger partial charge in [-0.05, 0) is 33.3 Å². The van der Waals surface area contributed by atoms with Crippen LogP contribution in [-0.2, 0) is 21.6 Å². The van der Waals surface area contributed by atoms with Gasteiger partial charge in [-0.3, -0.25) is 9.59 Å². The maximum absolute atomic E-state index is 11.8. The Bertz CT molecular complexity index is 587. The van der Waals surface area contributed by atoms with Crippen molar-refractivity contribution in [1.82, 2.24) is 0 Å². The first kappa shape index (κ1) is 15.0. The average molecular weight is 296 g/mol. The second-order valence-corrected chi connectivity index (χ2v) is 7.23. The van der Waals surface area contributed by atoms with Gasteiger partial charge in [0.25, 0.3) is 5.91 Å². The number of hydrogen-bond acceptors (Lipinski definition) is 4. The van der Waals surface area contributed by atoms with Crippen LogP contribution in [0.25, 0.3) is 0 Å². The molecular weight excluding hydrogens is 276 g/mol. The highest BCUT2D eigenvalue weighted by Gasteiger charge is 2.42. The fourth-order valence-electron chi connectivity index (χ4n) is 2.83. The minimum absolute atomic E-state index is 0.218. The molecule has 0 saturated heterocycles. The number of carbonyl (C=O) groups is 2. The molecule has 0 fully saturated rings. The van der Waals surface area contributed by atoms with Crippen LogP contribution < -0.4 is 11.1 Å². The number of rotatable bonds is 2. The van der Waals surface area contributed by atoms with Crippen LogP contribution in [0.5, 0.6) is 0 Å². The van der Waals surface area contributed by atoms with Crippen molar-refractivity contribution in [2.75, 3.05) is 5.32 Å². The maximum atomic E-state index is 11.8. The normalized spacial score (nSPS) is 19.2. The minimum atomic E-state index is -0.514. The van der Waals surface area contributed by atoms with E-state index < -0.39 is 11.5 Å². The molecule has 0 unspecified atom stereocenters. The molecule has 0 atom stereocenters. The van der Waals surface area contributed by atoms with E-state index in [1.807, 2.05) is 27.7 Å². The van der Waals surface area contributed by atoms with Gasteiger partial charge in [-0.1, -0.05) is 0 Å². The fraction of sp³-hybridized carbons (Fsp3) is 0.571. The first-order chi connectivity index (χ1) is 9.03. The first-order valence-electron chi connectivity index (χ1n) is 6.47. The third kappa shape index (κ3) is 2.58. The lowest BCUT2D eigenvalue weighted by molar-refractivity contribution is -0.135. The summed E-state index contributed by atoms with van der Waals surface area (Å²) in [5.74, 6) is -0.733. The molecule has 0 spiro atoms. The summed E-state index contributed by atoms with van der Waals surface area (Å²) in [6.07, 6.45) is 0.597. The van der Waals surface area contributed by atoms with Crippen molar-refractivity contribution in [3.63, 3.8) is 0 Å². The largest absolute Gasteiger partial charge is 0.365 e. The standard InChI is InChI=1S/C14H20N2O3S/c1-7(17)16-12-9(11(15)18)8-6-13(2,3)19-14(4,5)10(8)20-12/h6H2,1-5H3,(H2,15,18)(H,16,17). The van der Waals surface area contributed by atoms with E-state index in [0.29, 0.717) is 17.0 Å². The van der Waals surface area contributed by atoms with Crippen molar-refractivity contribution in [3.05, 3.63) is 16.0 Å². The van der Waals surface area contributed by atoms with Crippen LogP contribution in [0.1, 0.15) is 55.4 Å². The molecule has 5 nitrogen and oxygen atoms in total. The third-order valence-corrected chi connectivity index (χ3v) is 4.68. The van der Waals surface area contributed by atoms with Crippen LogP contribution in [0, 0.1) is 0 Å². The van der Waals surface area contributed by atoms with Crippen molar-refractivity contribution >= 4 is 28.2 Å². The molecule has 20 heavy (non-hydrogen) atoms. The predicted molar refractivity (Wildman–Crippen MR) is 79.0 cm³/mol. The van der Waals surface area contributed by atoms with E-state index in [2.05, 4.69) is 5.32 Å². The highest BCUT2D eigenvalue weighted by molar-refractivity contribution is 7.17. The summed E-state index contributed by atoms with van der Waals surface area (Å²) in [5.41, 5.74) is 5.94. The molecule has 110 valence electrons. The van der Waals surface area contributed by atoms with Gasteiger partial charge in [-0.15, -0.1) is 11.3 Å². The second-order valence-electron chi connectivity index (χ2n) is 6.21. The van der Waals surface area contributed by atoms with E-state index >= 15 is 0 Å². The molecule has 3 N–H and O–H groups in total. The van der Waals surface area contributed by atoms with Crippen molar-refractivity contribution in [2.45, 2.75) is 52.2 Å². The number of thiophene rings is 1. The molecule has 1 aliphatic heterocycles. The zero-order valence-electron chi connectivity index (χ0n) is 12.4. The SMILES string of the molecule is CC(=O)Nc1sc2c(c1C(N)=O)CC(C)(C)OC2(C)C. The van der Waals surface area contributed by atoms with Gasteiger partial charge in [-0.2, -0.15) is 0 Å². The summed E-state index contributed by atoms with van der Waals surface area (Å²) in [6, 6.07) is 0. The van der Waals surface area contributed by atoms with E-state index in [1.54, 1.807) is 0 Å². The molecule has 0 radical (unpaired) electrons. The Morgan fingerprint density at radius 3 is 2.40 bits per heavy atom. The molecule has 2 heterocycles. The molecule has 0 aromatic carbocycles. The van der Waals surface area contributed by atoms with E-state index in [9.17, 15) is 9.59 Å². The van der Waals surface area contributed by atoms with E-state index in [-0.39, 0.29) is 11.5 Å². The molecule has 2 rings (SSSR count). The van der Waals surface area contributed by atoms with Crippen LogP contribution in [0.2, 0.25) is 0 Å². The van der Waals surface area contributed by atoms with Crippen LogP contribution >= 0.6 is 11.3 Å². The minimum Gasteiger partial charge on any atom is -0.365 e.